The van der Waals surface area contributed by atoms with Gasteiger partial charge in [0.2, 0.25) is 0 Å². The first kappa shape index (κ1) is 16.1. The number of carbonyl (C=O) groups is 1. The molecule has 1 aromatic carbocycles. The van der Waals surface area contributed by atoms with Crippen molar-refractivity contribution in [2.24, 2.45) is 0 Å². The van der Waals surface area contributed by atoms with E-state index in [1.54, 1.807) is 10.9 Å². The van der Waals surface area contributed by atoms with Crippen molar-refractivity contribution in [3.8, 4) is 11.5 Å². The van der Waals surface area contributed by atoms with Gasteiger partial charge in [-0.1, -0.05) is 31.0 Å². The Bertz CT molecular complexity index is 801. The highest BCUT2D eigenvalue weighted by Crippen LogP contribution is 2.20. The largest absolute Gasteiger partial charge is 0.352 e. The van der Waals surface area contributed by atoms with Gasteiger partial charge < -0.3 is 9.88 Å². The van der Waals surface area contributed by atoms with E-state index in [0.29, 0.717) is 12.1 Å². The molecule has 5 heteroatoms. The van der Waals surface area contributed by atoms with Crippen LogP contribution in [0.2, 0.25) is 0 Å². The van der Waals surface area contributed by atoms with E-state index in [4.69, 9.17) is 0 Å². The van der Waals surface area contributed by atoms with Crippen molar-refractivity contribution in [1.82, 2.24) is 19.7 Å². The van der Waals surface area contributed by atoms with Crippen molar-refractivity contribution in [3.63, 3.8) is 0 Å². The van der Waals surface area contributed by atoms with Gasteiger partial charge in [0, 0.05) is 18.9 Å². The van der Waals surface area contributed by atoms with Crippen molar-refractivity contribution >= 4 is 5.91 Å². The second-order valence-corrected chi connectivity index (χ2v) is 5.83. The quantitative estimate of drug-likeness (QED) is 0.706. The van der Waals surface area contributed by atoms with E-state index >= 15 is 0 Å². The molecule has 2 heterocycles. The minimum Gasteiger partial charge on any atom is -0.352 e. The van der Waals surface area contributed by atoms with Gasteiger partial charge in [-0.3, -0.25) is 4.79 Å². The highest BCUT2D eigenvalue weighted by molar-refractivity contribution is 5.97. The second kappa shape index (κ2) is 7.17. The van der Waals surface area contributed by atoms with E-state index in [2.05, 4.69) is 17.3 Å². The lowest BCUT2D eigenvalue weighted by Gasteiger charge is -2.11. The molecule has 0 saturated carbocycles. The number of unbranched alkanes of at least 4 members (excludes halogenated alkanes) is 1. The lowest BCUT2D eigenvalue weighted by atomic mass is 10.2. The fourth-order valence-electron chi connectivity index (χ4n) is 2.58. The monoisotopic (exact) mass is 322 g/mol. The number of benzene rings is 1. The summed E-state index contributed by atoms with van der Waals surface area (Å²) in [7, 11) is 0. The molecule has 0 aliphatic carbocycles. The summed E-state index contributed by atoms with van der Waals surface area (Å²) >= 11 is 0. The molecule has 3 aromatic rings. The molecule has 5 nitrogen and oxygen atoms in total. The first-order valence-corrected chi connectivity index (χ1v) is 8.27. The molecule has 0 unspecified atom stereocenters. The number of aromatic nitrogens is 3. The fourth-order valence-corrected chi connectivity index (χ4v) is 2.58. The van der Waals surface area contributed by atoms with E-state index in [-0.39, 0.29) is 5.91 Å². The van der Waals surface area contributed by atoms with E-state index < -0.39 is 0 Å². The summed E-state index contributed by atoms with van der Waals surface area (Å²) in [6, 6.07) is 12.0. The minimum absolute atomic E-state index is 0.0921. The van der Waals surface area contributed by atoms with Gasteiger partial charge in [0.25, 0.3) is 5.91 Å². The molecular formula is C19H22N4O. The second-order valence-electron chi connectivity index (χ2n) is 5.83. The molecule has 0 aliphatic rings. The molecule has 0 atom stereocenters. The third-order valence-electron chi connectivity index (χ3n) is 3.93. The zero-order valence-electron chi connectivity index (χ0n) is 14.1. The Hall–Kier alpha value is -2.82. The Kier molecular flexibility index (Phi) is 4.79. The van der Waals surface area contributed by atoms with Gasteiger partial charge in [0.15, 0.2) is 5.82 Å². The number of nitrogens with one attached hydrogen (secondary N) is 1. The van der Waals surface area contributed by atoms with Gasteiger partial charge in [-0.15, -0.1) is 0 Å². The van der Waals surface area contributed by atoms with Crippen LogP contribution in [0.4, 0.5) is 0 Å². The molecule has 0 spiro atoms. The van der Waals surface area contributed by atoms with Crippen LogP contribution in [0.25, 0.3) is 11.5 Å². The molecule has 1 N–H and O–H groups in total. The van der Waals surface area contributed by atoms with Crippen molar-refractivity contribution < 1.29 is 4.79 Å². The molecule has 3 rings (SSSR count). The van der Waals surface area contributed by atoms with Crippen molar-refractivity contribution in [2.75, 3.05) is 6.54 Å². The predicted molar refractivity (Wildman–Crippen MR) is 94.9 cm³/mol. The summed E-state index contributed by atoms with van der Waals surface area (Å²) < 4.78 is 3.72. The molecule has 0 fully saturated rings. The van der Waals surface area contributed by atoms with Crippen LogP contribution in [0, 0.1) is 6.92 Å². The van der Waals surface area contributed by atoms with Gasteiger partial charge in [-0.05, 0) is 37.6 Å². The number of hydrogen-bond donors (Lipinski definition) is 1. The van der Waals surface area contributed by atoms with Gasteiger partial charge in [-0.25, -0.2) is 4.68 Å². The van der Waals surface area contributed by atoms with Crippen LogP contribution in [-0.4, -0.2) is 26.8 Å². The Morgan fingerprint density at radius 2 is 1.88 bits per heavy atom. The predicted octanol–water partition coefficient (Wildman–Crippen LogP) is 3.50. The Balaban J connectivity index is 2.01. The van der Waals surface area contributed by atoms with Crippen LogP contribution >= 0.6 is 0 Å². The zero-order valence-corrected chi connectivity index (χ0v) is 14.1. The average molecular weight is 322 g/mol. The van der Waals surface area contributed by atoms with E-state index in [1.165, 1.54) is 5.56 Å². The van der Waals surface area contributed by atoms with Crippen LogP contribution < -0.4 is 5.32 Å². The van der Waals surface area contributed by atoms with Crippen molar-refractivity contribution in [3.05, 3.63) is 66.1 Å². The number of hydrogen-bond acceptors (Lipinski definition) is 2. The van der Waals surface area contributed by atoms with Gasteiger partial charge in [0.1, 0.15) is 5.56 Å². The van der Waals surface area contributed by atoms with E-state index in [1.807, 2.05) is 60.3 Å². The molecule has 0 saturated heterocycles. The van der Waals surface area contributed by atoms with Crippen LogP contribution in [0.1, 0.15) is 35.7 Å². The Labute approximate surface area is 141 Å². The summed E-state index contributed by atoms with van der Waals surface area (Å²) in [4.78, 5) is 12.6. The number of aryl methyl sites for hydroxylation is 1. The topological polar surface area (TPSA) is 51.9 Å². The van der Waals surface area contributed by atoms with Gasteiger partial charge in [0.05, 0.1) is 11.9 Å². The van der Waals surface area contributed by atoms with Crippen LogP contribution in [0.5, 0.6) is 0 Å². The summed E-state index contributed by atoms with van der Waals surface area (Å²) in [5.41, 5.74) is 2.69. The van der Waals surface area contributed by atoms with Gasteiger partial charge >= 0.3 is 0 Å². The third-order valence-corrected chi connectivity index (χ3v) is 3.93. The molecule has 0 radical (unpaired) electrons. The highest BCUT2D eigenvalue weighted by Gasteiger charge is 2.19. The van der Waals surface area contributed by atoms with Crippen LogP contribution in [0.15, 0.2) is 55.0 Å². The first-order valence-electron chi connectivity index (χ1n) is 8.27. The van der Waals surface area contributed by atoms with Crippen molar-refractivity contribution in [1.29, 1.82) is 0 Å². The number of amides is 1. The fraction of sp³-hybridized carbons (Fsp3) is 0.263. The van der Waals surface area contributed by atoms with Crippen LogP contribution in [0.3, 0.4) is 0 Å². The molecule has 1 amide bonds. The first-order chi connectivity index (χ1) is 11.7. The Morgan fingerprint density at radius 1 is 1.17 bits per heavy atom. The maximum absolute atomic E-state index is 12.6. The van der Waals surface area contributed by atoms with Gasteiger partial charge in [-0.2, -0.15) is 5.10 Å². The normalized spacial score (nSPS) is 10.8. The summed E-state index contributed by atoms with van der Waals surface area (Å²) in [5, 5.41) is 7.43. The molecule has 0 aliphatic heterocycles. The summed E-state index contributed by atoms with van der Waals surface area (Å²) in [6.07, 6.45) is 7.50. The minimum atomic E-state index is -0.0921. The summed E-state index contributed by atoms with van der Waals surface area (Å²) in [5.74, 6) is 0.656. The highest BCUT2D eigenvalue weighted by atomic mass is 16.1. The molecular weight excluding hydrogens is 300 g/mol. The molecule has 0 bridgehead atoms. The smallest absolute Gasteiger partial charge is 0.256 e. The standard InChI is InChI=1S/C19H22N4O/c1-3-4-11-20-18(24)17-14-21-23(16-9-7-15(2)8-10-16)19(17)22-12-5-6-13-22/h5-10,12-14H,3-4,11H2,1-2H3,(H,20,24). The number of nitrogens with zero attached hydrogens (tertiary/aromatic N) is 3. The lowest BCUT2D eigenvalue weighted by molar-refractivity contribution is 0.0953. The maximum Gasteiger partial charge on any atom is 0.256 e. The SMILES string of the molecule is CCCCNC(=O)c1cnn(-c2ccc(C)cc2)c1-n1cccc1. The molecule has 2 aromatic heterocycles. The number of carbonyl (C=O) groups excluding carboxylic acids is 1. The van der Waals surface area contributed by atoms with E-state index in [9.17, 15) is 4.79 Å². The third kappa shape index (κ3) is 3.25. The summed E-state index contributed by atoms with van der Waals surface area (Å²) in [6.45, 7) is 4.83. The number of rotatable bonds is 6. The lowest BCUT2D eigenvalue weighted by Crippen LogP contribution is -2.25. The Morgan fingerprint density at radius 3 is 2.54 bits per heavy atom. The van der Waals surface area contributed by atoms with Crippen LogP contribution in [-0.2, 0) is 0 Å². The molecule has 124 valence electrons. The van der Waals surface area contributed by atoms with Crippen molar-refractivity contribution in [2.45, 2.75) is 26.7 Å². The maximum atomic E-state index is 12.6. The average Bonchev–Trinajstić information content (AvgIpc) is 3.24. The zero-order chi connectivity index (χ0) is 16.9. The van der Waals surface area contributed by atoms with E-state index in [0.717, 1.165) is 24.3 Å². The molecule has 24 heavy (non-hydrogen) atoms.